The molecule has 0 unspecified atom stereocenters. The van der Waals surface area contributed by atoms with Gasteiger partial charge in [-0.1, -0.05) is 19.4 Å². The van der Waals surface area contributed by atoms with E-state index in [-0.39, 0.29) is 0 Å². The van der Waals surface area contributed by atoms with E-state index in [9.17, 15) is 0 Å². The summed E-state index contributed by atoms with van der Waals surface area (Å²) < 4.78 is 5.77. The predicted molar refractivity (Wildman–Crippen MR) is 83.0 cm³/mol. The lowest BCUT2D eigenvalue weighted by atomic mass is 10.1. The van der Waals surface area contributed by atoms with Gasteiger partial charge in [-0.05, 0) is 43.7 Å². The van der Waals surface area contributed by atoms with E-state index in [0.717, 1.165) is 49.8 Å². The van der Waals surface area contributed by atoms with E-state index in [1.54, 1.807) is 0 Å². The van der Waals surface area contributed by atoms with E-state index in [4.69, 9.17) is 4.74 Å². The molecule has 20 heavy (non-hydrogen) atoms. The number of aromatic nitrogens is 1. The number of hydrogen-bond donors (Lipinski definition) is 1. The predicted octanol–water partition coefficient (Wildman–Crippen LogP) is 3.63. The van der Waals surface area contributed by atoms with Crippen molar-refractivity contribution in [2.24, 2.45) is 0 Å². The molecule has 110 valence electrons. The minimum atomic E-state index is 0.712. The topological polar surface area (TPSA) is 34.1 Å². The number of aryl methyl sites for hydroxylation is 1. The Labute approximate surface area is 122 Å². The van der Waals surface area contributed by atoms with E-state index in [1.165, 1.54) is 18.4 Å². The Kier molecular flexibility index (Phi) is 6.06. The van der Waals surface area contributed by atoms with E-state index in [1.807, 2.05) is 6.08 Å². The minimum Gasteiger partial charge on any atom is -0.478 e. The third-order valence-corrected chi connectivity index (χ3v) is 3.40. The highest BCUT2D eigenvalue weighted by Gasteiger charge is 2.20. The fourth-order valence-corrected chi connectivity index (χ4v) is 2.13. The van der Waals surface area contributed by atoms with Gasteiger partial charge in [-0.15, -0.1) is 6.58 Å². The Balaban J connectivity index is 1.93. The first-order chi connectivity index (χ1) is 9.81. The molecule has 1 fully saturated rings. The second kappa shape index (κ2) is 8.05. The van der Waals surface area contributed by atoms with Crippen LogP contribution in [0.2, 0.25) is 0 Å². The number of allylic oxidation sites excluding steroid dienone is 1. The maximum Gasteiger partial charge on any atom is 0.213 e. The first-order valence-corrected chi connectivity index (χ1v) is 7.78. The number of nitrogens with one attached hydrogen (secondary N) is 1. The largest absolute Gasteiger partial charge is 0.478 e. The molecule has 0 spiro atoms. The average Bonchev–Trinajstić information content (AvgIpc) is 3.26. The molecule has 0 aliphatic heterocycles. The fraction of sp³-hybridized carbons (Fsp3) is 0.588. The van der Waals surface area contributed by atoms with Gasteiger partial charge in [-0.3, -0.25) is 0 Å². The van der Waals surface area contributed by atoms with Gasteiger partial charge >= 0.3 is 0 Å². The van der Waals surface area contributed by atoms with Crippen LogP contribution in [0.15, 0.2) is 24.8 Å². The van der Waals surface area contributed by atoms with E-state index >= 15 is 0 Å². The van der Waals surface area contributed by atoms with Crippen molar-refractivity contribution in [3.63, 3.8) is 0 Å². The lowest BCUT2D eigenvalue weighted by Crippen LogP contribution is -2.16. The Bertz CT molecular complexity index is 427. The molecule has 0 aromatic carbocycles. The Morgan fingerprint density at radius 2 is 2.30 bits per heavy atom. The smallest absolute Gasteiger partial charge is 0.213 e. The van der Waals surface area contributed by atoms with Gasteiger partial charge in [0.2, 0.25) is 5.88 Å². The van der Waals surface area contributed by atoms with E-state index < -0.39 is 0 Å². The van der Waals surface area contributed by atoms with Gasteiger partial charge in [0.1, 0.15) is 0 Å². The molecule has 1 aliphatic rings. The van der Waals surface area contributed by atoms with Gasteiger partial charge in [0.15, 0.2) is 0 Å². The SMILES string of the molecule is C=CCCCOc1cc(CNC2CC2)cc(CCC)n1. The molecule has 0 amide bonds. The summed E-state index contributed by atoms with van der Waals surface area (Å²) in [6, 6.07) is 5.01. The lowest BCUT2D eigenvalue weighted by Gasteiger charge is -2.10. The number of rotatable bonds is 10. The monoisotopic (exact) mass is 274 g/mol. The molecule has 0 atom stereocenters. The summed E-state index contributed by atoms with van der Waals surface area (Å²) in [5.74, 6) is 0.771. The second-order valence-corrected chi connectivity index (χ2v) is 5.49. The molecule has 1 saturated carbocycles. The zero-order valence-corrected chi connectivity index (χ0v) is 12.5. The van der Waals surface area contributed by atoms with Crippen LogP contribution in [0.4, 0.5) is 0 Å². The Hall–Kier alpha value is -1.35. The third kappa shape index (κ3) is 5.33. The third-order valence-electron chi connectivity index (χ3n) is 3.40. The van der Waals surface area contributed by atoms with Gasteiger partial charge < -0.3 is 10.1 Å². The summed E-state index contributed by atoms with van der Waals surface area (Å²) in [6.45, 7) is 7.54. The first-order valence-electron chi connectivity index (χ1n) is 7.78. The first kappa shape index (κ1) is 15.0. The van der Waals surface area contributed by atoms with Crippen LogP contribution in [0.25, 0.3) is 0 Å². The van der Waals surface area contributed by atoms with Crippen molar-refractivity contribution in [3.8, 4) is 5.88 Å². The van der Waals surface area contributed by atoms with Crippen molar-refractivity contribution < 1.29 is 4.74 Å². The summed E-state index contributed by atoms with van der Waals surface area (Å²) in [6.07, 6.45) is 8.68. The Morgan fingerprint density at radius 3 is 3.00 bits per heavy atom. The van der Waals surface area contributed by atoms with Crippen LogP contribution >= 0.6 is 0 Å². The molecule has 1 aromatic heterocycles. The molecule has 1 aliphatic carbocycles. The maximum absolute atomic E-state index is 5.77. The molecule has 0 saturated heterocycles. The highest BCUT2D eigenvalue weighted by molar-refractivity contribution is 5.25. The van der Waals surface area contributed by atoms with Crippen molar-refractivity contribution >= 4 is 0 Å². The van der Waals surface area contributed by atoms with Gasteiger partial charge in [0, 0.05) is 24.3 Å². The Morgan fingerprint density at radius 1 is 1.45 bits per heavy atom. The van der Waals surface area contributed by atoms with E-state index in [0.29, 0.717) is 6.61 Å². The van der Waals surface area contributed by atoms with E-state index in [2.05, 4.69) is 35.9 Å². The zero-order chi connectivity index (χ0) is 14.2. The van der Waals surface area contributed by atoms with Crippen LogP contribution in [0, 0.1) is 0 Å². The van der Waals surface area contributed by atoms with Crippen molar-refractivity contribution in [1.29, 1.82) is 0 Å². The van der Waals surface area contributed by atoms with Crippen molar-refractivity contribution in [2.45, 2.75) is 58.0 Å². The maximum atomic E-state index is 5.77. The van der Waals surface area contributed by atoms with Crippen LogP contribution in [-0.4, -0.2) is 17.6 Å². The molecule has 1 aromatic rings. The lowest BCUT2D eigenvalue weighted by molar-refractivity contribution is 0.299. The van der Waals surface area contributed by atoms with Crippen LogP contribution in [0.3, 0.4) is 0 Å². The molecule has 0 bridgehead atoms. The highest BCUT2D eigenvalue weighted by atomic mass is 16.5. The minimum absolute atomic E-state index is 0.712. The standard InChI is InChI=1S/C17H26N2O/c1-3-5-6-10-20-17-12-14(13-18-15-8-9-15)11-16(19-17)7-4-2/h3,11-12,15,18H,1,4-10,13H2,2H3. The van der Waals surface area contributed by atoms with Crippen LogP contribution in [0.5, 0.6) is 5.88 Å². The zero-order valence-electron chi connectivity index (χ0n) is 12.5. The van der Waals surface area contributed by atoms with Crippen molar-refractivity contribution in [1.82, 2.24) is 10.3 Å². The van der Waals surface area contributed by atoms with Gasteiger partial charge in [0.05, 0.1) is 6.61 Å². The van der Waals surface area contributed by atoms with Crippen LogP contribution in [0.1, 0.15) is 50.3 Å². The highest BCUT2D eigenvalue weighted by Crippen LogP contribution is 2.20. The number of ether oxygens (including phenoxy) is 1. The summed E-state index contributed by atoms with van der Waals surface area (Å²) in [5.41, 5.74) is 2.43. The molecule has 3 heteroatoms. The van der Waals surface area contributed by atoms with Gasteiger partial charge in [-0.2, -0.15) is 0 Å². The number of unbranched alkanes of at least 4 members (excludes halogenated alkanes) is 1. The van der Waals surface area contributed by atoms with Gasteiger partial charge in [-0.25, -0.2) is 4.98 Å². The summed E-state index contributed by atoms with van der Waals surface area (Å²) in [5, 5.41) is 3.55. The molecule has 3 nitrogen and oxygen atoms in total. The molecule has 0 radical (unpaired) electrons. The van der Waals surface area contributed by atoms with Gasteiger partial charge in [0.25, 0.3) is 0 Å². The van der Waals surface area contributed by atoms with Crippen molar-refractivity contribution in [2.75, 3.05) is 6.61 Å². The fourth-order valence-electron chi connectivity index (χ4n) is 2.13. The number of nitrogens with zero attached hydrogens (tertiary/aromatic N) is 1. The van der Waals surface area contributed by atoms with Crippen LogP contribution in [-0.2, 0) is 13.0 Å². The second-order valence-electron chi connectivity index (χ2n) is 5.49. The summed E-state index contributed by atoms with van der Waals surface area (Å²) in [4.78, 5) is 4.59. The molecule has 1 N–H and O–H groups in total. The number of hydrogen-bond acceptors (Lipinski definition) is 3. The molecule has 2 rings (SSSR count). The molecular formula is C17H26N2O. The molecule has 1 heterocycles. The quantitative estimate of drug-likeness (QED) is 0.522. The summed E-state index contributed by atoms with van der Waals surface area (Å²) in [7, 11) is 0. The normalized spacial score (nSPS) is 14.2. The number of pyridine rings is 1. The molecular weight excluding hydrogens is 248 g/mol. The summed E-state index contributed by atoms with van der Waals surface area (Å²) >= 11 is 0. The average molecular weight is 274 g/mol. The van der Waals surface area contributed by atoms with Crippen molar-refractivity contribution in [3.05, 3.63) is 36.0 Å². The van der Waals surface area contributed by atoms with Crippen LogP contribution < -0.4 is 10.1 Å².